The molecule has 0 saturated heterocycles. The lowest BCUT2D eigenvalue weighted by molar-refractivity contribution is -0.121. The molecule has 0 unspecified atom stereocenters. The van der Waals surface area contributed by atoms with E-state index in [4.69, 9.17) is 0 Å². The van der Waals surface area contributed by atoms with E-state index in [0.29, 0.717) is 11.1 Å². The second kappa shape index (κ2) is 8.42. The molecule has 24 heavy (non-hydrogen) atoms. The van der Waals surface area contributed by atoms with E-state index in [1.165, 1.54) is 24.3 Å². The monoisotopic (exact) mass is 329 g/mol. The molecule has 0 radical (unpaired) electrons. The zero-order chi connectivity index (χ0) is 17.4. The van der Waals surface area contributed by atoms with Gasteiger partial charge in [0, 0.05) is 24.1 Å². The molecule has 124 valence electrons. The molecule has 0 aromatic heterocycles. The van der Waals surface area contributed by atoms with Crippen LogP contribution in [-0.2, 0) is 4.79 Å². The fourth-order valence-electron chi connectivity index (χ4n) is 1.84. The van der Waals surface area contributed by atoms with Gasteiger partial charge in [-0.15, -0.1) is 0 Å². The molecule has 0 bridgehead atoms. The number of halogens is 1. The fraction of sp³-hybridized carbons (Fsp3) is 0.118. The zero-order valence-electron chi connectivity index (χ0n) is 12.7. The first-order chi connectivity index (χ1) is 11.6. The average Bonchev–Trinajstić information content (AvgIpc) is 2.61. The fourth-order valence-corrected chi connectivity index (χ4v) is 1.84. The molecule has 0 aliphatic rings. The quantitative estimate of drug-likeness (QED) is 0.725. The maximum absolute atomic E-state index is 12.8. The highest BCUT2D eigenvalue weighted by molar-refractivity contribution is 5.96. The van der Waals surface area contributed by atoms with E-state index in [9.17, 15) is 18.8 Å². The third-order valence-electron chi connectivity index (χ3n) is 3.10. The van der Waals surface area contributed by atoms with Crippen LogP contribution in [0.25, 0.3) is 0 Å². The first-order valence-electron chi connectivity index (χ1n) is 7.24. The van der Waals surface area contributed by atoms with E-state index < -0.39 is 23.5 Å². The van der Waals surface area contributed by atoms with E-state index in [-0.39, 0.29) is 13.0 Å². The second-order valence-corrected chi connectivity index (χ2v) is 4.88. The zero-order valence-corrected chi connectivity index (χ0v) is 12.7. The van der Waals surface area contributed by atoms with Crippen molar-refractivity contribution in [1.82, 2.24) is 16.2 Å². The number of benzene rings is 2. The van der Waals surface area contributed by atoms with Crippen molar-refractivity contribution in [1.29, 1.82) is 0 Å². The number of carbonyl (C=O) groups is 3. The van der Waals surface area contributed by atoms with Gasteiger partial charge in [-0.25, -0.2) is 4.39 Å². The first kappa shape index (κ1) is 17.1. The third-order valence-corrected chi connectivity index (χ3v) is 3.10. The Bertz CT molecular complexity index is 718. The molecule has 3 amide bonds. The summed E-state index contributed by atoms with van der Waals surface area (Å²) in [6.45, 7) is 0.0866. The molecule has 0 atom stereocenters. The van der Waals surface area contributed by atoms with Crippen molar-refractivity contribution in [2.75, 3.05) is 6.54 Å². The molecule has 0 fully saturated rings. The third kappa shape index (κ3) is 5.20. The number of hydrogen-bond donors (Lipinski definition) is 3. The van der Waals surface area contributed by atoms with Crippen LogP contribution >= 0.6 is 0 Å². The Morgan fingerprint density at radius 2 is 1.42 bits per heavy atom. The van der Waals surface area contributed by atoms with Gasteiger partial charge >= 0.3 is 0 Å². The largest absolute Gasteiger partial charge is 0.352 e. The molecular formula is C17H16FN3O3. The number of nitrogens with one attached hydrogen (secondary N) is 3. The van der Waals surface area contributed by atoms with E-state index in [1.54, 1.807) is 30.3 Å². The summed E-state index contributed by atoms with van der Waals surface area (Å²) in [4.78, 5) is 35.1. The average molecular weight is 329 g/mol. The van der Waals surface area contributed by atoms with Gasteiger partial charge in [-0.2, -0.15) is 0 Å². The summed E-state index contributed by atoms with van der Waals surface area (Å²) in [7, 11) is 0. The van der Waals surface area contributed by atoms with Crippen LogP contribution in [0.4, 0.5) is 4.39 Å². The predicted molar refractivity (Wildman–Crippen MR) is 85.4 cm³/mol. The molecule has 0 spiro atoms. The molecular weight excluding hydrogens is 313 g/mol. The smallest absolute Gasteiger partial charge is 0.269 e. The standard InChI is InChI=1S/C17H16FN3O3/c18-14-8-6-13(7-9-14)16(23)19-11-10-15(22)20-21-17(24)12-4-2-1-3-5-12/h1-9H,10-11H2,(H,19,23)(H,20,22)(H,21,24). The van der Waals surface area contributed by atoms with Gasteiger partial charge in [-0.05, 0) is 36.4 Å². The van der Waals surface area contributed by atoms with Gasteiger partial charge < -0.3 is 5.32 Å². The van der Waals surface area contributed by atoms with Crippen LogP contribution < -0.4 is 16.2 Å². The van der Waals surface area contributed by atoms with E-state index >= 15 is 0 Å². The molecule has 0 aliphatic heterocycles. The van der Waals surface area contributed by atoms with Gasteiger partial charge in [-0.3, -0.25) is 25.2 Å². The molecule has 2 aromatic carbocycles. The van der Waals surface area contributed by atoms with Gasteiger partial charge in [0.25, 0.3) is 11.8 Å². The van der Waals surface area contributed by atoms with Crippen molar-refractivity contribution in [3.05, 3.63) is 71.5 Å². The lowest BCUT2D eigenvalue weighted by Gasteiger charge is -2.08. The summed E-state index contributed by atoms with van der Waals surface area (Å²) in [5.74, 6) is -1.71. The summed E-state index contributed by atoms with van der Waals surface area (Å²) in [5, 5.41) is 2.53. The van der Waals surface area contributed by atoms with Crippen molar-refractivity contribution in [2.24, 2.45) is 0 Å². The normalized spacial score (nSPS) is 9.88. The van der Waals surface area contributed by atoms with Crippen LogP contribution in [0.15, 0.2) is 54.6 Å². The van der Waals surface area contributed by atoms with Crippen LogP contribution in [0.2, 0.25) is 0 Å². The summed E-state index contributed by atoms with van der Waals surface area (Å²) in [6.07, 6.45) is -0.0119. The Morgan fingerprint density at radius 3 is 2.08 bits per heavy atom. The predicted octanol–water partition coefficient (Wildman–Crippen LogP) is 1.41. The van der Waals surface area contributed by atoms with Crippen LogP contribution in [0.3, 0.4) is 0 Å². The van der Waals surface area contributed by atoms with E-state index in [1.807, 2.05) is 0 Å². The molecule has 0 heterocycles. The molecule has 2 aromatic rings. The lowest BCUT2D eigenvalue weighted by Crippen LogP contribution is -2.42. The van der Waals surface area contributed by atoms with Gasteiger partial charge in [0.2, 0.25) is 5.91 Å². The molecule has 6 nitrogen and oxygen atoms in total. The van der Waals surface area contributed by atoms with Gasteiger partial charge in [0.05, 0.1) is 0 Å². The number of hydrazine groups is 1. The molecule has 2 rings (SSSR count). The van der Waals surface area contributed by atoms with Crippen LogP contribution in [-0.4, -0.2) is 24.3 Å². The van der Waals surface area contributed by atoms with Crippen molar-refractivity contribution in [3.63, 3.8) is 0 Å². The summed E-state index contributed by atoms with van der Waals surface area (Å²) in [6, 6.07) is 13.5. The molecule has 0 aliphatic carbocycles. The Morgan fingerprint density at radius 1 is 0.792 bits per heavy atom. The Labute approximate surface area is 138 Å². The SMILES string of the molecule is O=C(CCNC(=O)c1ccc(F)cc1)NNC(=O)c1ccccc1. The highest BCUT2D eigenvalue weighted by atomic mass is 19.1. The topological polar surface area (TPSA) is 87.3 Å². The number of carbonyl (C=O) groups excluding carboxylic acids is 3. The highest BCUT2D eigenvalue weighted by Crippen LogP contribution is 2.02. The van der Waals surface area contributed by atoms with Gasteiger partial charge in [0.15, 0.2) is 0 Å². The van der Waals surface area contributed by atoms with Crippen LogP contribution in [0.5, 0.6) is 0 Å². The maximum Gasteiger partial charge on any atom is 0.269 e. The van der Waals surface area contributed by atoms with Crippen molar-refractivity contribution in [2.45, 2.75) is 6.42 Å². The highest BCUT2D eigenvalue weighted by Gasteiger charge is 2.08. The minimum atomic E-state index is -0.446. The minimum absolute atomic E-state index is 0.0119. The first-order valence-corrected chi connectivity index (χ1v) is 7.24. The lowest BCUT2D eigenvalue weighted by atomic mass is 10.2. The van der Waals surface area contributed by atoms with Gasteiger partial charge in [0.1, 0.15) is 5.82 Å². The summed E-state index contributed by atoms with van der Waals surface area (Å²) < 4.78 is 12.8. The van der Waals surface area contributed by atoms with Crippen molar-refractivity contribution < 1.29 is 18.8 Å². The Hall–Kier alpha value is -3.22. The minimum Gasteiger partial charge on any atom is -0.352 e. The Kier molecular flexibility index (Phi) is 6.01. The molecule has 0 saturated carbocycles. The summed E-state index contributed by atoms with van der Waals surface area (Å²) >= 11 is 0. The molecule has 7 heteroatoms. The van der Waals surface area contributed by atoms with Gasteiger partial charge in [-0.1, -0.05) is 18.2 Å². The summed E-state index contributed by atoms with van der Waals surface area (Å²) in [5.41, 5.74) is 5.26. The number of rotatable bonds is 5. The Balaban J connectivity index is 1.69. The second-order valence-electron chi connectivity index (χ2n) is 4.88. The van der Waals surface area contributed by atoms with Crippen molar-refractivity contribution >= 4 is 17.7 Å². The number of hydrogen-bond acceptors (Lipinski definition) is 3. The molecule has 3 N–H and O–H groups in total. The van der Waals surface area contributed by atoms with Crippen molar-refractivity contribution in [3.8, 4) is 0 Å². The number of amides is 3. The van der Waals surface area contributed by atoms with E-state index in [2.05, 4.69) is 16.2 Å². The van der Waals surface area contributed by atoms with Crippen LogP contribution in [0.1, 0.15) is 27.1 Å². The maximum atomic E-state index is 12.8. The van der Waals surface area contributed by atoms with E-state index in [0.717, 1.165) is 0 Å². The van der Waals surface area contributed by atoms with Crippen LogP contribution in [0, 0.1) is 5.82 Å².